The van der Waals surface area contributed by atoms with Crippen LogP contribution in [-0.2, 0) is 40.0 Å². The van der Waals surface area contributed by atoms with E-state index < -0.39 is 59.0 Å². The number of ether oxygens (including phenoxy) is 3. The SMILES string of the molecule is CCCNC(=O)C(=O)[C@H](CCCCNC(=O)OC(C)(C)C)NC(=O)[C@H](CCC(=O)OC(C)(C)C)NC(=O)OCc1ccccc1. The molecule has 0 spiro atoms. The predicted molar refractivity (Wildman–Crippen MR) is 167 cm³/mol. The molecule has 0 aliphatic carbocycles. The Morgan fingerprint density at radius 1 is 0.733 bits per heavy atom. The first-order valence-electron chi connectivity index (χ1n) is 15.3. The van der Waals surface area contributed by atoms with Crippen molar-refractivity contribution in [1.82, 2.24) is 21.3 Å². The molecule has 0 heterocycles. The maximum atomic E-state index is 13.4. The minimum absolute atomic E-state index is 0.0525. The summed E-state index contributed by atoms with van der Waals surface area (Å²) in [6.45, 7) is 12.7. The number of Topliss-reactive ketones (excluding diaryl/α,β-unsaturated/α-hetero) is 1. The first kappa shape index (κ1) is 38.9. The van der Waals surface area contributed by atoms with E-state index in [2.05, 4.69) is 21.3 Å². The Morgan fingerprint density at radius 2 is 1.38 bits per heavy atom. The molecule has 0 saturated heterocycles. The standard InChI is InChI=1S/C32H50N4O9/c1-8-19-33-28(40)26(38)23(16-12-13-20-34-29(41)45-32(5,6)7)35-27(39)24(17-18-25(37)44-31(2,3)4)36-30(42)43-21-22-14-10-9-11-15-22/h9-11,14-15,23-24H,8,12-13,16-21H2,1-7H3,(H,33,40)(H,34,41)(H,35,39)(H,36,42)/t23-,24-/m0/s1. The topological polar surface area (TPSA) is 178 Å². The number of amides is 4. The molecule has 0 bridgehead atoms. The molecule has 0 saturated carbocycles. The van der Waals surface area contributed by atoms with Gasteiger partial charge in [0.25, 0.3) is 5.91 Å². The number of carbonyl (C=O) groups excluding carboxylic acids is 6. The summed E-state index contributed by atoms with van der Waals surface area (Å²) in [4.78, 5) is 75.9. The van der Waals surface area contributed by atoms with Crippen LogP contribution in [0.2, 0.25) is 0 Å². The summed E-state index contributed by atoms with van der Waals surface area (Å²) in [5.74, 6) is -3.06. The molecule has 13 nitrogen and oxygen atoms in total. The van der Waals surface area contributed by atoms with Crippen LogP contribution in [0, 0.1) is 0 Å². The Hall–Kier alpha value is -4.16. The molecule has 45 heavy (non-hydrogen) atoms. The van der Waals surface area contributed by atoms with Crippen molar-refractivity contribution < 1.29 is 43.0 Å². The molecule has 4 amide bonds. The molecule has 4 N–H and O–H groups in total. The first-order valence-corrected chi connectivity index (χ1v) is 15.3. The van der Waals surface area contributed by atoms with Crippen LogP contribution in [0.1, 0.15) is 92.6 Å². The monoisotopic (exact) mass is 634 g/mol. The molecule has 1 aromatic rings. The molecular weight excluding hydrogens is 584 g/mol. The Morgan fingerprint density at radius 3 is 1.98 bits per heavy atom. The summed E-state index contributed by atoms with van der Waals surface area (Å²) in [5.41, 5.74) is -0.675. The van der Waals surface area contributed by atoms with Gasteiger partial charge in [-0.05, 0) is 79.2 Å². The lowest BCUT2D eigenvalue weighted by Crippen LogP contribution is -2.54. The molecule has 1 rings (SSSR count). The third-order valence-corrected chi connectivity index (χ3v) is 5.86. The van der Waals surface area contributed by atoms with Gasteiger partial charge in [-0.2, -0.15) is 0 Å². The van der Waals surface area contributed by atoms with E-state index in [1.807, 2.05) is 13.0 Å². The number of unbranched alkanes of at least 4 members (excludes halogenated alkanes) is 1. The van der Waals surface area contributed by atoms with Gasteiger partial charge in [-0.3, -0.25) is 19.2 Å². The lowest BCUT2D eigenvalue weighted by Gasteiger charge is -2.24. The van der Waals surface area contributed by atoms with Crippen LogP contribution in [-0.4, -0.2) is 72.1 Å². The highest BCUT2D eigenvalue weighted by molar-refractivity contribution is 6.38. The summed E-state index contributed by atoms with van der Waals surface area (Å²) in [6.07, 6.45) is -0.361. The molecule has 13 heteroatoms. The van der Waals surface area contributed by atoms with Crippen LogP contribution in [0.5, 0.6) is 0 Å². The van der Waals surface area contributed by atoms with E-state index in [0.717, 1.165) is 5.56 Å². The van der Waals surface area contributed by atoms with Gasteiger partial charge in [-0.25, -0.2) is 9.59 Å². The fraction of sp³-hybridized carbons (Fsp3) is 0.625. The van der Waals surface area contributed by atoms with Crippen LogP contribution in [0.4, 0.5) is 9.59 Å². The van der Waals surface area contributed by atoms with E-state index in [4.69, 9.17) is 14.2 Å². The molecule has 0 fully saturated rings. The van der Waals surface area contributed by atoms with Gasteiger partial charge >= 0.3 is 18.2 Å². The maximum Gasteiger partial charge on any atom is 0.408 e. The first-order chi connectivity index (χ1) is 21.0. The zero-order valence-electron chi connectivity index (χ0n) is 27.6. The Bertz CT molecular complexity index is 1130. The van der Waals surface area contributed by atoms with Gasteiger partial charge in [0, 0.05) is 19.5 Å². The number of carbonyl (C=O) groups is 6. The van der Waals surface area contributed by atoms with E-state index >= 15 is 0 Å². The summed E-state index contributed by atoms with van der Waals surface area (Å²) >= 11 is 0. The number of benzene rings is 1. The summed E-state index contributed by atoms with van der Waals surface area (Å²) in [5, 5.41) is 10.2. The van der Waals surface area contributed by atoms with E-state index in [1.54, 1.807) is 65.8 Å². The van der Waals surface area contributed by atoms with Gasteiger partial charge in [0.1, 0.15) is 23.9 Å². The van der Waals surface area contributed by atoms with Crippen molar-refractivity contribution in [3.63, 3.8) is 0 Å². The average molecular weight is 635 g/mol. The molecule has 252 valence electrons. The van der Waals surface area contributed by atoms with E-state index in [1.165, 1.54) is 0 Å². The van der Waals surface area contributed by atoms with Gasteiger partial charge in [-0.15, -0.1) is 0 Å². The second-order valence-corrected chi connectivity index (χ2v) is 12.5. The largest absolute Gasteiger partial charge is 0.460 e. The zero-order chi connectivity index (χ0) is 34.0. The number of alkyl carbamates (subject to hydrolysis) is 2. The Balaban J connectivity index is 2.97. The van der Waals surface area contributed by atoms with Gasteiger partial charge < -0.3 is 35.5 Å². The zero-order valence-corrected chi connectivity index (χ0v) is 27.6. The second kappa shape index (κ2) is 19.3. The quantitative estimate of drug-likeness (QED) is 0.0861. The average Bonchev–Trinajstić information content (AvgIpc) is 2.94. The summed E-state index contributed by atoms with van der Waals surface area (Å²) in [6, 6.07) is 6.43. The summed E-state index contributed by atoms with van der Waals surface area (Å²) < 4.78 is 15.8. The number of hydrogen-bond acceptors (Lipinski definition) is 9. The lowest BCUT2D eigenvalue weighted by molar-refractivity contribution is -0.155. The van der Waals surface area contributed by atoms with Crippen molar-refractivity contribution in [2.24, 2.45) is 0 Å². The van der Waals surface area contributed by atoms with Gasteiger partial charge in [0.05, 0.1) is 6.04 Å². The molecule has 0 aliphatic rings. The van der Waals surface area contributed by atoms with Crippen molar-refractivity contribution in [3.8, 4) is 0 Å². The van der Waals surface area contributed by atoms with Crippen LogP contribution >= 0.6 is 0 Å². The highest BCUT2D eigenvalue weighted by Crippen LogP contribution is 2.12. The number of nitrogens with one attached hydrogen (secondary N) is 4. The Kier molecular flexibility index (Phi) is 16.6. The minimum atomic E-state index is -1.27. The maximum absolute atomic E-state index is 13.4. The van der Waals surface area contributed by atoms with E-state index in [9.17, 15) is 28.8 Å². The fourth-order valence-corrected chi connectivity index (χ4v) is 3.83. The van der Waals surface area contributed by atoms with E-state index in [0.29, 0.717) is 19.3 Å². The smallest absolute Gasteiger partial charge is 0.408 e. The number of rotatable bonds is 17. The van der Waals surface area contributed by atoms with Gasteiger partial charge in [0.15, 0.2) is 0 Å². The third kappa shape index (κ3) is 18.3. The van der Waals surface area contributed by atoms with Crippen molar-refractivity contribution in [1.29, 1.82) is 0 Å². The van der Waals surface area contributed by atoms with Crippen molar-refractivity contribution in [2.45, 2.75) is 117 Å². The fourth-order valence-electron chi connectivity index (χ4n) is 3.83. The third-order valence-electron chi connectivity index (χ3n) is 5.86. The predicted octanol–water partition coefficient (Wildman–Crippen LogP) is 3.68. The molecule has 0 unspecified atom stereocenters. The molecule has 0 aromatic heterocycles. The summed E-state index contributed by atoms with van der Waals surface area (Å²) in [7, 11) is 0. The minimum Gasteiger partial charge on any atom is -0.460 e. The molecule has 1 aromatic carbocycles. The van der Waals surface area contributed by atoms with Gasteiger partial charge in [0.2, 0.25) is 11.7 Å². The van der Waals surface area contributed by atoms with Crippen molar-refractivity contribution in [3.05, 3.63) is 35.9 Å². The second-order valence-electron chi connectivity index (χ2n) is 12.5. The van der Waals surface area contributed by atoms with Crippen LogP contribution < -0.4 is 21.3 Å². The van der Waals surface area contributed by atoms with Crippen LogP contribution in [0.25, 0.3) is 0 Å². The van der Waals surface area contributed by atoms with Crippen LogP contribution in [0.15, 0.2) is 30.3 Å². The van der Waals surface area contributed by atoms with Crippen molar-refractivity contribution in [2.75, 3.05) is 13.1 Å². The van der Waals surface area contributed by atoms with E-state index in [-0.39, 0.29) is 39.0 Å². The number of esters is 1. The lowest BCUT2D eigenvalue weighted by atomic mass is 10.0. The Labute approximate surface area is 265 Å². The molecule has 2 atom stereocenters. The highest BCUT2D eigenvalue weighted by atomic mass is 16.6. The number of hydrogen-bond donors (Lipinski definition) is 4. The normalized spacial score (nSPS) is 12.6. The molecular formula is C32H50N4O9. The van der Waals surface area contributed by atoms with Crippen LogP contribution in [0.3, 0.4) is 0 Å². The number of ketones is 1. The molecule has 0 aliphatic heterocycles. The van der Waals surface area contributed by atoms with Crippen molar-refractivity contribution >= 4 is 35.8 Å². The van der Waals surface area contributed by atoms with Gasteiger partial charge in [-0.1, -0.05) is 37.3 Å². The highest BCUT2D eigenvalue weighted by Gasteiger charge is 2.31. The molecule has 0 radical (unpaired) electrons.